The minimum Gasteiger partial charge on any atom is -0.379 e. The molecular weight excluding hydrogens is 414 g/mol. The molecule has 3 rings (SSSR count). The zero-order chi connectivity index (χ0) is 22.9. The van der Waals surface area contributed by atoms with Crippen LogP contribution in [0.4, 0.5) is 11.4 Å². The topological polar surface area (TPSA) is 27.7 Å². The van der Waals surface area contributed by atoms with Crippen molar-refractivity contribution < 1.29 is 4.74 Å². The highest BCUT2D eigenvalue weighted by Crippen LogP contribution is 2.28. The van der Waals surface area contributed by atoms with Crippen LogP contribution in [0.25, 0.3) is 0 Å². The van der Waals surface area contributed by atoms with E-state index < -0.39 is 0 Å². The molecule has 0 atom stereocenters. The third-order valence-corrected chi connectivity index (χ3v) is 6.17. The zero-order valence-electron chi connectivity index (χ0n) is 20.2. The van der Waals surface area contributed by atoms with Gasteiger partial charge in [-0.05, 0) is 93.6 Å². The molecule has 0 aliphatic carbocycles. The Bertz CT molecular complexity index is 883. The molecule has 32 heavy (non-hydrogen) atoms. The van der Waals surface area contributed by atoms with Gasteiger partial charge in [0.05, 0.1) is 6.10 Å². The van der Waals surface area contributed by atoms with Gasteiger partial charge in [0.15, 0.2) is 5.11 Å². The van der Waals surface area contributed by atoms with E-state index in [4.69, 9.17) is 17.0 Å². The highest BCUT2D eigenvalue weighted by Gasteiger charge is 2.18. The number of rotatable bonds is 10. The van der Waals surface area contributed by atoms with Crippen molar-refractivity contribution in [3.8, 4) is 0 Å². The van der Waals surface area contributed by atoms with Gasteiger partial charge in [-0.1, -0.05) is 31.2 Å². The molecule has 1 N–H and O–H groups in total. The lowest BCUT2D eigenvalue weighted by atomic mass is 9.99. The van der Waals surface area contributed by atoms with E-state index >= 15 is 0 Å². The molecule has 0 unspecified atom stereocenters. The molecule has 0 bridgehead atoms. The maximum absolute atomic E-state index is 5.84. The van der Waals surface area contributed by atoms with Crippen LogP contribution in [0.1, 0.15) is 56.7 Å². The molecule has 4 nitrogen and oxygen atoms in total. The molecule has 0 aromatic heterocycles. The second-order valence-corrected chi connectivity index (χ2v) is 9.43. The number of fused-ring (bicyclic) bond motifs is 1. The average molecular weight is 454 g/mol. The van der Waals surface area contributed by atoms with Gasteiger partial charge >= 0.3 is 0 Å². The number of benzene rings is 2. The van der Waals surface area contributed by atoms with E-state index in [1.807, 2.05) is 0 Å². The van der Waals surface area contributed by atoms with Crippen LogP contribution in [-0.2, 0) is 17.7 Å². The Balaban J connectivity index is 1.71. The first-order valence-corrected chi connectivity index (χ1v) is 12.5. The molecule has 0 saturated carbocycles. The molecule has 0 fully saturated rings. The van der Waals surface area contributed by atoms with Crippen LogP contribution in [0.2, 0.25) is 0 Å². The Morgan fingerprint density at radius 2 is 2.06 bits per heavy atom. The second-order valence-electron chi connectivity index (χ2n) is 9.05. The zero-order valence-corrected chi connectivity index (χ0v) is 21.0. The van der Waals surface area contributed by atoms with E-state index in [0.717, 1.165) is 49.9 Å². The fraction of sp³-hybridized carbons (Fsp3) is 0.519. The van der Waals surface area contributed by atoms with E-state index in [2.05, 4.69) is 85.3 Å². The number of anilines is 2. The summed E-state index contributed by atoms with van der Waals surface area (Å²) in [5, 5.41) is 4.22. The van der Waals surface area contributed by atoms with Gasteiger partial charge < -0.3 is 19.9 Å². The minimum atomic E-state index is 0.257. The van der Waals surface area contributed by atoms with E-state index in [1.165, 1.54) is 41.8 Å². The lowest BCUT2D eigenvalue weighted by molar-refractivity contribution is 0.0739. The first-order chi connectivity index (χ1) is 15.5. The van der Waals surface area contributed by atoms with Gasteiger partial charge in [0.1, 0.15) is 0 Å². The lowest BCUT2D eigenvalue weighted by Crippen LogP contribution is -2.36. The predicted octanol–water partition coefficient (Wildman–Crippen LogP) is 6.17. The second kappa shape index (κ2) is 12.2. The van der Waals surface area contributed by atoms with E-state index in [0.29, 0.717) is 0 Å². The molecule has 2 aromatic rings. The molecule has 0 radical (unpaired) electrons. The summed E-state index contributed by atoms with van der Waals surface area (Å²) in [6.45, 7) is 13.2. The summed E-state index contributed by atoms with van der Waals surface area (Å²) in [6.07, 6.45) is 4.79. The van der Waals surface area contributed by atoms with Crippen LogP contribution in [0.15, 0.2) is 42.5 Å². The molecule has 174 valence electrons. The number of nitrogens with one attached hydrogen (secondary N) is 1. The van der Waals surface area contributed by atoms with Crippen molar-refractivity contribution in [3.63, 3.8) is 0 Å². The van der Waals surface area contributed by atoms with Crippen LogP contribution < -0.4 is 10.2 Å². The molecule has 1 aliphatic heterocycles. The largest absolute Gasteiger partial charge is 0.379 e. The van der Waals surface area contributed by atoms with Crippen LogP contribution in [0.5, 0.6) is 0 Å². The average Bonchev–Trinajstić information content (AvgIpc) is 2.76. The number of hydrogen-bond acceptors (Lipinski definition) is 3. The fourth-order valence-electron chi connectivity index (χ4n) is 4.30. The van der Waals surface area contributed by atoms with Gasteiger partial charge in [-0.3, -0.25) is 0 Å². The van der Waals surface area contributed by atoms with Crippen molar-refractivity contribution in [1.29, 1.82) is 0 Å². The Hall–Kier alpha value is -2.11. The maximum atomic E-state index is 5.84. The van der Waals surface area contributed by atoms with E-state index in [-0.39, 0.29) is 6.10 Å². The Kier molecular flexibility index (Phi) is 9.36. The van der Waals surface area contributed by atoms with Crippen LogP contribution >= 0.6 is 12.2 Å². The first-order valence-electron chi connectivity index (χ1n) is 12.1. The van der Waals surface area contributed by atoms with E-state index in [1.54, 1.807) is 0 Å². The van der Waals surface area contributed by atoms with Crippen LogP contribution in [0.3, 0.4) is 0 Å². The number of thiocarbonyl (C=S) groups is 1. The molecule has 5 heteroatoms. The van der Waals surface area contributed by atoms with Gasteiger partial charge in [0, 0.05) is 44.2 Å². The summed E-state index contributed by atoms with van der Waals surface area (Å²) < 4.78 is 5.77. The van der Waals surface area contributed by atoms with Crippen molar-refractivity contribution in [2.45, 2.75) is 66.0 Å². The minimum absolute atomic E-state index is 0.257. The summed E-state index contributed by atoms with van der Waals surface area (Å²) in [5.41, 5.74) is 6.47. The van der Waals surface area contributed by atoms with Crippen molar-refractivity contribution in [2.75, 3.05) is 36.5 Å². The highest BCUT2D eigenvalue weighted by atomic mass is 32.1. The van der Waals surface area contributed by atoms with Gasteiger partial charge in [0.25, 0.3) is 0 Å². The quantitative estimate of drug-likeness (QED) is 0.343. The van der Waals surface area contributed by atoms with Gasteiger partial charge in [-0.25, -0.2) is 0 Å². The molecule has 1 aliphatic rings. The van der Waals surface area contributed by atoms with Crippen molar-refractivity contribution in [1.82, 2.24) is 4.90 Å². The molecular formula is C27H39N3OS. The summed E-state index contributed by atoms with van der Waals surface area (Å²) >= 11 is 5.84. The number of nitrogens with zero attached hydrogens (tertiary/aromatic N) is 2. The van der Waals surface area contributed by atoms with Crippen LogP contribution in [0, 0.1) is 6.92 Å². The predicted molar refractivity (Wildman–Crippen MR) is 141 cm³/mol. The SMILES string of the molecule is CCCN1CCCc2cc(CN(CCCOC(C)C)C(=S)Nc3cccc(C)c3)ccc21. The Morgan fingerprint density at radius 3 is 2.81 bits per heavy atom. The molecule has 1 heterocycles. The van der Waals surface area contributed by atoms with Crippen molar-refractivity contribution in [3.05, 3.63) is 59.2 Å². The fourth-order valence-corrected chi connectivity index (χ4v) is 4.58. The van der Waals surface area contributed by atoms with Crippen molar-refractivity contribution in [2.24, 2.45) is 0 Å². The smallest absolute Gasteiger partial charge is 0.173 e. The molecule has 0 saturated heterocycles. The lowest BCUT2D eigenvalue weighted by Gasteiger charge is -2.32. The van der Waals surface area contributed by atoms with Gasteiger partial charge in [-0.15, -0.1) is 0 Å². The molecule has 0 spiro atoms. The van der Waals surface area contributed by atoms with Crippen molar-refractivity contribution >= 4 is 28.7 Å². The standard InChI is InChI=1S/C27H39N3OS/c1-5-14-29-15-7-10-24-19-23(12-13-26(24)29)20-30(16-8-17-31-21(2)3)27(32)28-25-11-6-9-22(4)18-25/h6,9,11-13,18-19,21H,5,7-8,10,14-17,20H2,1-4H3,(H,28,32). The highest BCUT2D eigenvalue weighted by molar-refractivity contribution is 7.80. The normalized spacial score (nSPS) is 13.2. The molecule has 2 aromatic carbocycles. The monoisotopic (exact) mass is 453 g/mol. The Labute approximate surface area is 199 Å². The summed E-state index contributed by atoms with van der Waals surface area (Å²) in [6, 6.07) is 15.4. The summed E-state index contributed by atoms with van der Waals surface area (Å²) in [7, 11) is 0. The van der Waals surface area contributed by atoms with E-state index in [9.17, 15) is 0 Å². The number of hydrogen-bond donors (Lipinski definition) is 1. The third-order valence-electron chi connectivity index (χ3n) is 5.81. The van der Waals surface area contributed by atoms with Gasteiger partial charge in [-0.2, -0.15) is 0 Å². The number of ether oxygens (including phenoxy) is 1. The number of aryl methyl sites for hydroxylation is 2. The maximum Gasteiger partial charge on any atom is 0.173 e. The summed E-state index contributed by atoms with van der Waals surface area (Å²) in [5.74, 6) is 0. The van der Waals surface area contributed by atoms with Gasteiger partial charge in [0.2, 0.25) is 0 Å². The summed E-state index contributed by atoms with van der Waals surface area (Å²) in [4.78, 5) is 4.81. The molecule has 0 amide bonds. The third kappa shape index (κ3) is 7.21. The Morgan fingerprint density at radius 1 is 1.22 bits per heavy atom. The van der Waals surface area contributed by atoms with Crippen LogP contribution in [-0.4, -0.2) is 42.4 Å². The first kappa shape index (κ1) is 24.5.